The van der Waals surface area contributed by atoms with E-state index in [2.05, 4.69) is 21.7 Å². The predicted octanol–water partition coefficient (Wildman–Crippen LogP) is 4.89. The number of nitrogens with zero attached hydrogens (tertiary/aromatic N) is 3. The van der Waals surface area contributed by atoms with Crippen molar-refractivity contribution < 1.29 is 19.8 Å². The van der Waals surface area contributed by atoms with Gasteiger partial charge >= 0.3 is 11.9 Å². The van der Waals surface area contributed by atoms with Crippen molar-refractivity contribution in [1.29, 1.82) is 0 Å². The molecular weight excluding hydrogens is 452 g/mol. The van der Waals surface area contributed by atoms with Gasteiger partial charge in [-0.15, -0.1) is 11.3 Å². The van der Waals surface area contributed by atoms with Crippen molar-refractivity contribution in [2.45, 2.75) is 32.6 Å². The van der Waals surface area contributed by atoms with Crippen LogP contribution in [0.5, 0.6) is 5.75 Å². The number of para-hydroxylation sites is 1. The number of anilines is 2. The topological polar surface area (TPSA) is 115 Å². The molecule has 5 rings (SSSR count). The summed E-state index contributed by atoms with van der Waals surface area (Å²) in [7, 11) is 0. The Morgan fingerprint density at radius 3 is 2.71 bits per heavy atom. The van der Waals surface area contributed by atoms with Crippen LogP contribution in [0.3, 0.4) is 0 Å². The molecule has 1 aliphatic heterocycles. The van der Waals surface area contributed by atoms with Crippen LogP contribution in [0.4, 0.5) is 11.4 Å². The zero-order valence-electron chi connectivity index (χ0n) is 18.4. The molecule has 1 aliphatic carbocycles. The molecule has 8 nitrogen and oxygen atoms in total. The summed E-state index contributed by atoms with van der Waals surface area (Å²) in [6.07, 6.45) is 4.41. The molecule has 1 amide bonds. The number of hydrogen-bond acceptors (Lipinski definition) is 7. The van der Waals surface area contributed by atoms with E-state index in [1.807, 2.05) is 12.1 Å². The average Bonchev–Trinajstić information content (AvgIpc) is 3.43. The molecule has 2 aliphatic rings. The quantitative estimate of drug-likeness (QED) is 0.360. The first-order valence-corrected chi connectivity index (χ1v) is 11.8. The molecule has 34 heavy (non-hydrogen) atoms. The molecule has 0 spiro atoms. The van der Waals surface area contributed by atoms with Gasteiger partial charge in [-0.05, 0) is 78.9 Å². The van der Waals surface area contributed by atoms with Crippen molar-refractivity contribution in [1.82, 2.24) is 0 Å². The van der Waals surface area contributed by atoms with E-state index in [4.69, 9.17) is 5.11 Å². The van der Waals surface area contributed by atoms with Gasteiger partial charge in [0, 0.05) is 5.56 Å². The lowest BCUT2D eigenvalue weighted by Crippen LogP contribution is -2.28. The second-order valence-electron chi connectivity index (χ2n) is 8.24. The number of hydrazone groups is 2. The number of fused-ring (bicyclic) bond motifs is 1. The third-order valence-electron chi connectivity index (χ3n) is 6.01. The summed E-state index contributed by atoms with van der Waals surface area (Å²) in [4.78, 5) is 24.4. The van der Waals surface area contributed by atoms with Crippen LogP contribution in [0.25, 0.3) is 11.1 Å². The lowest BCUT2D eigenvalue weighted by atomic mass is 9.91. The summed E-state index contributed by atoms with van der Waals surface area (Å²) in [5.41, 5.74) is 8.05. The Morgan fingerprint density at radius 2 is 1.94 bits per heavy atom. The number of aromatic hydroxyl groups is 1. The molecule has 2 aromatic carbocycles. The van der Waals surface area contributed by atoms with Crippen LogP contribution in [0, 0.1) is 0 Å². The Kier molecular flexibility index (Phi) is 5.62. The van der Waals surface area contributed by atoms with Crippen molar-refractivity contribution in [3.8, 4) is 16.9 Å². The lowest BCUT2D eigenvalue weighted by molar-refractivity contribution is -0.112. The highest BCUT2D eigenvalue weighted by molar-refractivity contribution is 7.12. The van der Waals surface area contributed by atoms with Crippen LogP contribution in [-0.4, -0.2) is 33.5 Å². The predicted molar refractivity (Wildman–Crippen MR) is 133 cm³/mol. The average molecular weight is 475 g/mol. The molecule has 2 heterocycles. The van der Waals surface area contributed by atoms with E-state index >= 15 is 0 Å². The second kappa shape index (κ2) is 8.75. The number of carbonyl (C=O) groups is 2. The highest BCUT2D eigenvalue weighted by Crippen LogP contribution is 2.37. The number of thiophene rings is 1. The standard InChI is InChI=1S/C25H22N4O4S/c1-14-22(24(31)29(28-14)18-10-9-15-5-2-3-6-16(15)11-18)27-26-20-8-4-7-19(23(20)30)17-12-21(25(32)33)34-13-17/h4,7-13,26,30H,2-3,5-6H2,1H3,(H,32,33). The van der Waals surface area contributed by atoms with E-state index in [-0.39, 0.29) is 22.2 Å². The number of benzene rings is 2. The smallest absolute Gasteiger partial charge is 0.345 e. The Labute approximate surface area is 199 Å². The third-order valence-corrected chi connectivity index (χ3v) is 6.93. The van der Waals surface area contributed by atoms with E-state index in [1.54, 1.807) is 30.5 Å². The largest absolute Gasteiger partial charge is 0.505 e. The first-order chi connectivity index (χ1) is 16.4. The molecular formula is C25H22N4O4S. The van der Waals surface area contributed by atoms with E-state index in [0.29, 0.717) is 28.2 Å². The molecule has 3 aromatic rings. The number of phenols is 1. The molecule has 0 saturated heterocycles. The molecule has 0 saturated carbocycles. The van der Waals surface area contributed by atoms with E-state index in [9.17, 15) is 14.7 Å². The van der Waals surface area contributed by atoms with Gasteiger partial charge in [-0.3, -0.25) is 10.2 Å². The molecule has 0 atom stereocenters. The van der Waals surface area contributed by atoms with Gasteiger partial charge in [0.2, 0.25) is 0 Å². The summed E-state index contributed by atoms with van der Waals surface area (Å²) < 4.78 is 0. The van der Waals surface area contributed by atoms with Crippen LogP contribution in [0.2, 0.25) is 0 Å². The summed E-state index contributed by atoms with van der Waals surface area (Å²) in [6.45, 7) is 1.71. The van der Waals surface area contributed by atoms with E-state index in [1.165, 1.54) is 28.6 Å². The van der Waals surface area contributed by atoms with Crippen molar-refractivity contribution in [2.75, 3.05) is 10.4 Å². The van der Waals surface area contributed by atoms with Crippen LogP contribution in [0.1, 0.15) is 40.6 Å². The first kappa shape index (κ1) is 21.8. The molecule has 9 heteroatoms. The molecule has 0 unspecified atom stereocenters. The zero-order chi connectivity index (χ0) is 23.8. The minimum absolute atomic E-state index is 0.0897. The fourth-order valence-corrected chi connectivity index (χ4v) is 4.97. The van der Waals surface area contributed by atoms with E-state index in [0.717, 1.165) is 30.6 Å². The molecule has 172 valence electrons. The maximum Gasteiger partial charge on any atom is 0.345 e. The number of rotatable bonds is 5. The number of carbonyl (C=O) groups excluding carboxylic acids is 1. The van der Waals surface area contributed by atoms with Crippen LogP contribution in [0.15, 0.2) is 58.0 Å². The fourth-order valence-electron chi connectivity index (χ4n) is 4.23. The highest BCUT2D eigenvalue weighted by atomic mass is 32.1. The lowest BCUT2D eigenvalue weighted by Gasteiger charge is -2.19. The monoisotopic (exact) mass is 474 g/mol. The van der Waals surface area contributed by atoms with Crippen molar-refractivity contribution in [2.24, 2.45) is 10.2 Å². The van der Waals surface area contributed by atoms with Crippen LogP contribution in [-0.2, 0) is 17.6 Å². The molecule has 3 N–H and O–H groups in total. The molecule has 0 fully saturated rings. The Balaban J connectivity index is 1.38. The number of hydrogen-bond donors (Lipinski definition) is 3. The molecule has 0 bridgehead atoms. The van der Waals surface area contributed by atoms with Crippen molar-refractivity contribution in [3.63, 3.8) is 0 Å². The van der Waals surface area contributed by atoms with Gasteiger partial charge in [0.05, 0.1) is 17.1 Å². The van der Waals surface area contributed by atoms with Gasteiger partial charge in [0.15, 0.2) is 5.71 Å². The van der Waals surface area contributed by atoms with Gasteiger partial charge in [-0.25, -0.2) is 4.79 Å². The van der Waals surface area contributed by atoms with Gasteiger partial charge < -0.3 is 10.2 Å². The van der Waals surface area contributed by atoms with Crippen LogP contribution >= 0.6 is 11.3 Å². The number of phenolic OH excluding ortho intramolecular Hbond substituents is 1. The number of nitrogens with one attached hydrogen (secondary N) is 1. The zero-order valence-corrected chi connectivity index (χ0v) is 19.2. The van der Waals surface area contributed by atoms with Gasteiger partial charge in [0.1, 0.15) is 10.6 Å². The molecule has 0 radical (unpaired) electrons. The normalized spacial score (nSPS) is 16.5. The number of amides is 1. The van der Waals surface area contributed by atoms with Crippen molar-refractivity contribution >= 4 is 46.0 Å². The minimum atomic E-state index is -1.02. The van der Waals surface area contributed by atoms with Crippen molar-refractivity contribution in [3.05, 3.63) is 63.8 Å². The summed E-state index contributed by atoms with van der Waals surface area (Å²) in [6, 6.07) is 12.5. The SMILES string of the molecule is CC1=NN(c2ccc3c(c2)CCCC3)C(=O)C1=NNc1cccc(-c2csc(C(=O)O)c2)c1O. The second-order valence-corrected chi connectivity index (χ2v) is 9.15. The summed E-state index contributed by atoms with van der Waals surface area (Å²) >= 11 is 1.08. The highest BCUT2D eigenvalue weighted by Gasteiger charge is 2.31. The number of aryl methyl sites for hydroxylation is 2. The Morgan fingerprint density at radius 1 is 1.15 bits per heavy atom. The van der Waals surface area contributed by atoms with Gasteiger partial charge in [0.25, 0.3) is 0 Å². The minimum Gasteiger partial charge on any atom is -0.505 e. The van der Waals surface area contributed by atoms with Gasteiger partial charge in [-0.2, -0.15) is 15.2 Å². The number of carboxylic acid groups (broad SMARTS) is 1. The fraction of sp³-hybridized carbons (Fsp3) is 0.200. The summed E-state index contributed by atoms with van der Waals surface area (Å²) in [5, 5.41) is 31.6. The maximum atomic E-state index is 13.1. The number of aromatic carboxylic acids is 1. The van der Waals surface area contributed by atoms with Gasteiger partial charge in [-0.1, -0.05) is 18.2 Å². The Bertz CT molecular complexity index is 1370. The number of carboxylic acids is 1. The van der Waals surface area contributed by atoms with Crippen LogP contribution < -0.4 is 10.4 Å². The summed E-state index contributed by atoms with van der Waals surface area (Å²) in [5.74, 6) is -1.46. The maximum absolute atomic E-state index is 13.1. The third kappa shape index (κ3) is 3.94. The van der Waals surface area contributed by atoms with E-state index < -0.39 is 5.97 Å². The first-order valence-electron chi connectivity index (χ1n) is 10.9. The Hall–Kier alpha value is -3.98. The molecule has 1 aromatic heterocycles.